The molecule has 2 atom stereocenters. The average Bonchev–Trinajstić information content (AvgIpc) is 2.35. The number of unbranched alkanes of at least 4 members (excludes halogenated alkanes) is 1. The van der Waals surface area contributed by atoms with Crippen molar-refractivity contribution in [3.8, 4) is 0 Å². The number of aliphatic hydroxyl groups is 1. The second-order valence-corrected chi connectivity index (χ2v) is 7.91. The first kappa shape index (κ1) is 14.3. The lowest BCUT2D eigenvalue weighted by Crippen LogP contribution is -2.54. The summed E-state index contributed by atoms with van der Waals surface area (Å²) in [6.45, 7) is 3.03. The molecule has 0 bridgehead atoms. The zero-order valence-corrected chi connectivity index (χ0v) is 12.1. The highest BCUT2D eigenvalue weighted by Crippen LogP contribution is 2.40. The molecule has 0 aromatic rings. The summed E-state index contributed by atoms with van der Waals surface area (Å²) >= 11 is 0. The Hall–Kier alpha value is -0.130. The second-order valence-electron chi connectivity index (χ2n) is 5.82. The Bertz CT molecular complexity index is 382. The second kappa shape index (κ2) is 5.47. The van der Waals surface area contributed by atoms with E-state index in [4.69, 9.17) is 0 Å². The molecular formula is C13H25NO3S. The molecule has 0 amide bonds. The van der Waals surface area contributed by atoms with Gasteiger partial charge in [0.1, 0.15) is 0 Å². The van der Waals surface area contributed by atoms with E-state index in [1.807, 2.05) is 6.92 Å². The number of piperidine rings is 1. The summed E-state index contributed by atoms with van der Waals surface area (Å²) in [5, 5.41) is 10.5. The van der Waals surface area contributed by atoms with Gasteiger partial charge in [0.05, 0.1) is 11.4 Å². The van der Waals surface area contributed by atoms with Gasteiger partial charge in [0.15, 0.2) is 0 Å². The Labute approximate surface area is 110 Å². The first-order valence-electron chi connectivity index (χ1n) is 7.18. The lowest BCUT2D eigenvalue weighted by atomic mass is 9.72. The quantitative estimate of drug-likeness (QED) is 0.850. The molecule has 0 aromatic heterocycles. The smallest absolute Gasteiger partial charge is 0.214 e. The van der Waals surface area contributed by atoms with Crippen molar-refractivity contribution in [2.24, 2.45) is 5.92 Å². The van der Waals surface area contributed by atoms with Crippen LogP contribution in [0.4, 0.5) is 0 Å². The van der Waals surface area contributed by atoms with Gasteiger partial charge in [-0.15, -0.1) is 0 Å². The minimum Gasteiger partial charge on any atom is -0.390 e. The van der Waals surface area contributed by atoms with Crippen LogP contribution in [0.1, 0.15) is 51.9 Å². The predicted molar refractivity (Wildman–Crippen MR) is 71.8 cm³/mol. The van der Waals surface area contributed by atoms with Gasteiger partial charge in [0.25, 0.3) is 0 Å². The summed E-state index contributed by atoms with van der Waals surface area (Å²) in [6, 6.07) is 0. The van der Waals surface area contributed by atoms with Crippen LogP contribution in [-0.2, 0) is 10.0 Å². The fourth-order valence-electron chi connectivity index (χ4n) is 3.25. The number of sulfonamides is 1. The minimum atomic E-state index is -3.10. The molecule has 0 radical (unpaired) electrons. The zero-order chi connectivity index (χ0) is 13.2. The van der Waals surface area contributed by atoms with Gasteiger partial charge in [-0.1, -0.05) is 26.2 Å². The minimum absolute atomic E-state index is 0.149. The van der Waals surface area contributed by atoms with Gasteiger partial charge in [-0.05, 0) is 25.7 Å². The molecule has 0 spiro atoms. The number of hydrogen-bond acceptors (Lipinski definition) is 3. The molecule has 106 valence electrons. The van der Waals surface area contributed by atoms with Crippen molar-refractivity contribution >= 4 is 10.0 Å². The Kier molecular flexibility index (Phi) is 4.34. The van der Waals surface area contributed by atoms with Gasteiger partial charge < -0.3 is 5.11 Å². The SMILES string of the molecule is CCCCS(=O)(=O)N1CCC2(O)CCCCC2C1. The number of hydrogen-bond donors (Lipinski definition) is 1. The van der Waals surface area contributed by atoms with Gasteiger partial charge in [0, 0.05) is 19.0 Å². The summed E-state index contributed by atoms with van der Waals surface area (Å²) in [4.78, 5) is 0. The van der Waals surface area contributed by atoms with Crippen LogP contribution in [-0.4, -0.2) is 42.3 Å². The molecule has 2 rings (SSSR count). The van der Waals surface area contributed by atoms with Crippen molar-refractivity contribution in [2.75, 3.05) is 18.8 Å². The molecule has 1 N–H and O–H groups in total. The highest BCUT2D eigenvalue weighted by Gasteiger charge is 2.44. The van der Waals surface area contributed by atoms with Crippen molar-refractivity contribution in [2.45, 2.75) is 57.5 Å². The van der Waals surface area contributed by atoms with Crippen LogP contribution in [0, 0.1) is 5.92 Å². The van der Waals surface area contributed by atoms with Gasteiger partial charge in [-0.3, -0.25) is 0 Å². The Morgan fingerprint density at radius 1 is 1.33 bits per heavy atom. The van der Waals surface area contributed by atoms with Crippen LogP contribution in [0.5, 0.6) is 0 Å². The largest absolute Gasteiger partial charge is 0.390 e. The third-order valence-electron chi connectivity index (χ3n) is 4.54. The first-order chi connectivity index (χ1) is 8.48. The highest BCUT2D eigenvalue weighted by atomic mass is 32.2. The fraction of sp³-hybridized carbons (Fsp3) is 1.00. The van der Waals surface area contributed by atoms with Gasteiger partial charge in [0.2, 0.25) is 10.0 Å². The summed E-state index contributed by atoms with van der Waals surface area (Å²) in [6.07, 6.45) is 6.26. The Morgan fingerprint density at radius 2 is 2.11 bits per heavy atom. The molecule has 2 unspecified atom stereocenters. The van der Waals surface area contributed by atoms with Gasteiger partial charge in [-0.25, -0.2) is 12.7 Å². The molecule has 2 fully saturated rings. The molecule has 1 aliphatic heterocycles. The maximum Gasteiger partial charge on any atom is 0.214 e. The normalized spacial score (nSPS) is 34.2. The highest BCUT2D eigenvalue weighted by molar-refractivity contribution is 7.89. The van der Waals surface area contributed by atoms with Crippen LogP contribution in [0.15, 0.2) is 0 Å². The molecule has 1 heterocycles. The van der Waals surface area contributed by atoms with E-state index in [-0.39, 0.29) is 11.7 Å². The van der Waals surface area contributed by atoms with E-state index < -0.39 is 15.6 Å². The van der Waals surface area contributed by atoms with E-state index in [0.29, 0.717) is 19.5 Å². The third kappa shape index (κ3) is 2.89. The monoisotopic (exact) mass is 275 g/mol. The van der Waals surface area contributed by atoms with Crippen LogP contribution in [0.25, 0.3) is 0 Å². The summed E-state index contributed by atoms with van der Waals surface area (Å²) in [5.74, 6) is 0.408. The topological polar surface area (TPSA) is 57.6 Å². The van der Waals surface area contributed by atoms with E-state index in [1.165, 1.54) is 0 Å². The molecule has 18 heavy (non-hydrogen) atoms. The van der Waals surface area contributed by atoms with E-state index in [1.54, 1.807) is 4.31 Å². The Balaban J connectivity index is 2.02. The van der Waals surface area contributed by atoms with Crippen molar-refractivity contribution in [3.05, 3.63) is 0 Å². The first-order valence-corrected chi connectivity index (χ1v) is 8.79. The molecule has 1 aliphatic carbocycles. The summed E-state index contributed by atoms with van der Waals surface area (Å²) < 4.78 is 26.0. The van der Waals surface area contributed by atoms with E-state index in [9.17, 15) is 13.5 Å². The van der Waals surface area contributed by atoms with Crippen LogP contribution in [0.2, 0.25) is 0 Å². The predicted octanol–water partition coefficient (Wildman–Crippen LogP) is 1.74. The lowest BCUT2D eigenvalue weighted by molar-refractivity contribution is -0.0816. The molecule has 1 saturated carbocycles. The van der Waals surface area contributed by atoms with Crippen molar-refractivity contribution in [1.82, 2.24) is 4.31 Å². The van der Waals surface area contributed by atoms with Crippen LogP contribution >= 0.6 is 0 Å². The Morgan fingerprint density at radius 3 is 2.83 bits per heavy atom. The van der Waals surface area contributed by atoms with Crippen molar-refractivity contribution in [3.63, 3.8) is 0 Å². The van der Waals surface area contributed by atoms with E-state index >= 15 is 0 Å². The van der Waals surface area contributed by atoms with Crippen molar-refractivity contribution in [1.29, 1.82) is 0 Å². The average molecular weight is 275 g/mol. The molecule has 5 heteroatoms. The summed E-state index contributed by atoms with van der Waals surface area (Å²) in [5.41, 5.74) is -0.588. The number of rotatable bonds is 4. The molecule has 2 aliphatic rings. The van der Waals surface area contributed by atoms with Gasteiger partial charge >= 0.3 is 0 Å². The maximum absolute atomic E-state index is 12.2. The standard InChI is InChI=1S/C13H25NO3S/c1-2-3-10-18(16,17)14-9-8-13(15)7-5-4-6-12(13)11-14/h12,15H,2-11H2,1H3. The third-order valence-corrected chi connectivity index (χ3v) is 6.46. The van der Waals surface area contributed by atoms with E-state index in [2.05, 4.69) is 0 Å². The number of fused-ring (bicyclic) bond motifs is 1. The zero-order valence-electron chi connectivity index (χ0n) is 11.3. The molecule has 1 saturated heterocycles. The van der Waals surface area contributed by atoms with E-state index in [0.717, 1.165) is 38.5 Å². The number of nitrogens with zero attached hydrogens (tertiary/aromatic N) is 1. The lowest BCUT2D eigenvalue weighted by Gasteiger charge is -2.46. The maximum atomic E-state index is 12.2. The fourth-order valence-corrected chi connectivity index (χ4v) is 4.94. The van der Waals surface area contributed by atoms with Gasteiger partial charge in [-0.2, -0.15) is 0 Å². The summed E-state index contributed by atoms with van der Waals surface area (Å²) in [7, 11) is -3.10. The van der Waals surface area contributed by atoms with Crippen LogP contribution < -0.4 is 0 Å². The molecule has 4 nitrogen and oxygen atoms in total. The molecular weight excluding hydrogens is 250 g/mol. The van der Waals surface area contributed by atoms with Crippen molar-refractivity contribution < 1.29 is 13.5 Å². The van der Waals surface area contributed by atoms with Crippen LogP contribution in [0.3, 0.4) is 0 Å². The molecule has 0 aromatic carbocycles.